The Morgan fingerprint density at radius 2 is 2.12 bits per heavy atom. The van der Waals surface area contributed by atoms with Crippen molar-refractivity contribution in [3.63, 3.8) is 0 Å². The van der Waals surface area contributed by atoms with Crippen LogP contribution in [0.5, 0.6) is 0 Å². The van der Waals surface area contributed by atoms with Gasteiger partial charge < -0.3 is 9.84 Å². The molecule has 0 spiro atoms. The predicted octanol–water partition coefficient (Wildman–Crippen LogP) is 4.03. The fourth-order valence-electron chi connectivity index (χ4n) is 2.71. The molecule has 17 heavy (non-hydrogen) atoms. The standard InChI is InChI=1S/C13H19ClO2S/c1-16-12(9-5-3-2-4-6-9)11(15)13-10(14)7-8-17-13/h7-9,11-12,15H,2-6H2,1H3. The van der Waals surface area contributed by atoms with Crippen LogP contribution in [0, 0.1) is 5.92 Å². The Bertz CT molecular complexity index is 347. The molecule has 0 aliphatic heterocycles. The Hall–Kier alpha value is -0.0900. The third-order valence-electron chi connectivity index (χ3n) is 3.61. The van der Waals surface area contributed by atoms with Gasteiger partial charge in [-0.1, -0.05) is 30.9 Å². The van der Waals surface area contributed by atoms with Crippen LogP contribution in [-0.4, -0.2) is 18.3 Å². The van der Waals surface area contributed by atoms with Crippen LogP contribution in [0.15, 0.2) is 11.4 Å². The second kappa shape index (κ2) is 6.19. The average molecular weight is 275 g/mol. The maximum absolute atomic E-state index is 10.4. The molecular formula is C13H19ClO2S. The predicted molar refractivity (Wildman–Crippen MR) is 71.7 cm³/mol. The van der Waals surface area contributed by atoms with Crippen molar-refractivity contribution in [2.45, 2.75) is 44.3 Å². The van der Waals surface area contributed by atoms with E-state index in [1.165, 1.54) is 30.6 Å². The van der Waals surface area contributed by atoms with Crippen molar-refractivity contribution in [3.05, 3.63) is 21.3 Å². The monoisotopic (exact) mass is 274 g/mol. The first-order chi connectivity index (χ1) is 8.24. The Kier molecular flexibility index (Phi) is 4.86. The van der Waals surface area contributed by atoms with Crippen LogP contribution in [0.2, 0.25) is 5.02 Å². The fraction of sp³-hybridized carbons (Fsp3) is 0.692. The average Bonchev–Trinajstić information content (AvgIpc) is 2.77. The summed E-state index contributed by atoms with van der Waals surface area (Å²) in [6.07, 6.45) is 5.40. The molecule has 1 aliphatic rings. The number of ether oxygens (including phenoxy) is 1. The number of methoxy groups -OCH3 is 1. The quantitative estimate of drug-likeness (QED) is 0.898. The lowest BCUT2D eigenvalue weighted by Crippen LogP contribution is -2.31. The molecule has 0 bridgehead atoms. The summed E-state index contributed by atoms with van der Waals surface area (Å²) in [5.74, 6) is 0.460. The van der Waals surface area contributed by atoms with Gasteiger partial charge in [0, 0.05) is 7.11 Å². The SMILES string of the molecule is COC(C1CCCCC1)C(O)c1sccc1Cl. The molecule has 1 heterocycles. The normalized spacial score (nSPS) is 21.4. The van der Waals surface area contributed by atoms with Gasteiger partial charge in [0.05, 0.1) is 16.0 Å². The van der Waals surface area contributed by atoms with Gasteiger partial charge in [-0.25, -0.2) is 0 Å². The molecule has 0 radical (unpaired) electrons. The first-order valence-corrected chi connectivity index (χ1v) is 7.43. The van der Waals surface area contributed by atoms with E-state index in [9.17, 15) is 5.11 Å². The molecule has 0 saturated heterocycles. The number of halogens is 1. The molecule has 1 aromatic heterocycles. The van der Waals surface area contributed by atoms with Gasteiger partial charge in [-0.05, 0) is 30.2 Å². The van der Waals surface area contributed by atoms with Crippen molar-refractivity contribution in [1.29, 1.82) is 0 Å². The molecule has 1 N–H and O–H groups in total. The van der Waals surface area contributed by atoms with Crippen LogP contribution in [-0.2, 0) is 4.74 Å². The molecule has 1 fully saturated rings. The molecule has 2 unspecified atom stereocenters. The highest BCUT2D eigenvalue weighted by Gasteiger charge is 2.32. The maximum atomic E-state index is 10.4. The van der Waals surface area contributed by atoms with Gasteiger partial charge in [0.1, 0.15) is 6.10 Å². The third-order valence-corrected chi connectivity index (χ3v) is 5.04. The van der Waals surface area contributed by atoms with Crippen LogP contribution in [0.1, 0.15) is 43.1 Å². The number of thiophene rings is 1. The zero-order valence-corrected chi connectivity index (χ0v) is 11.6. The van der Waals surface area contributed by atoms with Gasteiger partial charge in [0.15, 0.2) is 0 Å². The summed E-state index contributed by atoms with van der Waals surface area (Å²) in [4.78, 5) is 0.837. The van der Waals surface area contributed by atoms with Crippen LogP contribution < -0.4 is 0 Å². The number of hydrogen-bond acceptors (Lipinski definition) is 3. The summed E-state index contributed by atoms with van der Waals surface area (Å²) in [6, 6.07) is 1.83. The van der Waals surface area contributed by atoms with Crippen molar-refractivity contribution in [2.75, 3.05) is 7.11 Å². The highest BCUT2D eigenvalue weighted by atomic mass is 35.5. The van der Waals surface area contributed by atoms with Gasteiger partial charge in [-0.2, -0.15) is 0 Å². The smallest absolute Gasteiger partial charge is 0.116 e. The Labute approximate surface area is 112 Å². The van der Waals surface area contributed by atoms with E-state index < -0.39 is 6.10 Å². The molecule has 2 nitrogen and oxygen atoms in total. The van der Waals surface area contributed by atoms with Crippen molar-refractivity contribution < 1.29 is 9.84 Å². The fourth-order valence-corrected chi connectivity index (χ4v) is 3.90. The van der Waals surface area contributed by atoms with E-state index in [1.807, 2.05) is 11.4 Å². The molecule has 2 rings (SSSR count). The summed E-state index contributed by atoms with van der Waals surface area (Å²) in [7, 11) is 1.68. The van der Waals surface area contributed by atoms with Gasteiger partial charge in [0.25, 0.3) is 0 Å². The molecule has 2 atom stereocenters. The lowest BCUT2D eigenvalue weighted by Gasteiger charge is -2.32. The van der Waals surface area contributed by atoms with Gasteiger partial charge in [-0.3, -0.25) is 0 Å². The highest BCUT2D eigenvalue weighted by molar-refractivity contribution is 7.10. The third kappa shape index (κ3) is 3.02. The lowest BCUT2D eigenvalue weighted by atomic mass is 9.83. The van der Waals surface area contributed by atoms with Crippen LogP contribution >= 0.6 is 22.9 Å². The number of aliphatic hydroxyl groups excluding tert-OH is 1. The number of hydrogen-bond donors (Lipinski definition) is 1. The maximum Gasteiger partial charge on any atom is 0.116 e. The molecular weight excluding hydrogens is 256 g/mol. The largest absolute Gasteiger partial charge is 0.385 e. The molecule has 1 aromatic rings. The van der Waals surface area contributed by atoms with Crippen LogP contribution in [0.3, 0.4) is 0 Å². The molecule has 4 heteroatoms. The van der Waals surface area contributed by atoms with Crippen molar-refractivity contribution in [3.8, 4) is 0 Å². The van der Waals surface area contributed by atoms with Gasteiger partial charge in [-0.15, -0.1) is 11.3 Å². The van der Waals surface area contributed by atoms with Crippen LogP contribution in [0.25, 0.3) is 0 Å². The Morgan fingerprint density at radius 1 is 1.41 bits per heavy atom. The molecule has 96 valence electrons. The van der Waals surface area contributed by atoms with E-state index in [0.717, 1.165) is 17.7 Å². The summed E-state index contributed by atoms with van der Waals surface area (Å²) in [6.45, 7) is 0. The van der Waals surface area contributed by atoms with E-state index in [-0.39, 0.29) is 6.10 Å². The van der Waals surface area contributed by atoms with Crippen molar-refractivity contribution in [2.24, 2.45) is 5.92 Å². The second-order valence-corrected chi connectivity index (χ2v) is 6.03. The highest BCUT2D eigenvalue weighted by Crippen LogP contribution is 2.38. The number of aliphatic hydroxyl groups is 1. The topological polar surface area (TPSA) is 29.5 Å². The van der Waals surface area contributed by atoms with E-state index in [0.29, 0.717) is 10.9 Å². The van der Waals surface area contributed by atoms with Crippen molar-refractivity contribution in [1.82, 2.24) is 0 Å². The lowest BCUT2D eigenvalue weighted by molar-refractivity contribution is -0.0544. The van der Waals surface area contributed by atoms with Gasteiger partial charge in [0.2, 0.25) is 0 Å². The zero-order chi connectivity index (χ0) is 12.3. The summed E-state index contributed by atoms with van der Waals surface area (Å²) >= 11 is 7.57. The van der Waals surface area contributed by atoms with E-state index in [4.69, 9.17) is 16.3 Å². The second-order valence-electron chi connectivity index (χ2n) is 4.68. The number of rotatable bonds is 4. The molecule has 0 amide bonds. The summed E-state index contributed by atoms with van der Waals surface area (Å²) in [5, 5.41) is 13.0. The minimum atomic E-state index is -0.587. The van der Waals surface area contributed by atoms with E-state index >= 15 is 0 Å². The minimum Gasteiger partial charge on any atom is -0.385 e. The summed E-state index contributed by atoms with van der Waals surface area (Å²) < 4.78 is 5.53. The first kappa shape index (κ1) is 13.3. The first-order valence-electron chi connectivity index (χ1n) is 6.17. The van der Waals surface area contributed by atoms with E-state index in [1.54, 1.807) is 7.11 Å². The molecule has 1 aliphatic carbocycles. The van der Waals surface area contributed by atoms with Gasteiger partial charge >= 0.3 is 0 Å². The summed E-state index contributed by atoms with van der Waals surface area (Å²) in [5.41, 5.74) is 0. The van der Waals surface area contributed by atoms with Crippen LogP contribution in [0.4, 0.5) is 0 Å². The zero-order valence-electron chi connectivity index (χ0n) is 10.1. The Morgan fingerprint density at radius 3 is 2.65 bits per heavy atom. The van der Waals surface area contributed by atoms with E-state index in [2.05, 4.69) is 0 Å². The molecule has 0 aromatic carbocycles. The Balaban J connectivity index is 2.09. The minimum absolute atomic E-state index is 0.119. The molecule has 1 saturated carbocycles. The van der Waals surface area contributed by atoms with Crippen molar-refractivity contribution >= 4 is 22.9 Å².